The normalized spacial score (nSPS) is 26.1. The Morgan fingerprint density at radius 2 is 1.09 bits per heavy atom. The van der Waals surface area contributed by atoms with E-state index in [0.717, 1.165) is 22.3 Å². The molecule has 1 N–H and O–H groups in total. The standard InChI is InChI=1S/C38H40O8/c39-37-32(21-22-42-37)38(40)36(45-26-31-19-11-4-12-20-31)35(44-25-30-17-9-3-10-18-30)34(43-24-29-15-7-2-8-16-29)33(46-38)27-41-23-28-13-5-1-6-14-28/h1-20,32-36,40H,21-27H2/t32?,33-,34-,35+,36+,38?/m1/s1. The van der Waals surface area contributed by atoms with Gasteiger partial charge in [-0.2, -0.15) is 0 Å². The highest BCUT2D eigenvalue weighted by Gasteiger charge is 2.62. The molecule has 2 aliphatic rings. The molecular formula is C38H40O8. The minimum Gasteiger partial charge on any atom is -0.465 e. The first-order valence-electron chi connectivity index (χ1n) is 15.8. The van der Waals surface area contributed by atoms with Crippen molar-refractivity contribution in [2.45, 2.75) is 63.1 Å². The molecule has 2 aliphatic heterocycles. The van der Waals surface area contributed by atoms with Gasteiger partial charge in [0.05, 0.1) is 39.6 Å². The van der Waals surface area contributed by atoms with E-state index >= 15 is 0 Å². The number of rotatable bonds is 14. The summed E-state index contributed by atoms with van der Waals surface area (Å²) in [4.78, 5) is 13.1. The molecule has 0 spiro atoms. The van der Waals surface area contributed by atoms with E-state index in [-0.39, 0.29) is 39.5 Å². The number of cyclic esters (lactones) is 1. The third-order valence-electron chi connectivity index (χ3n) is 8.41. The van der Waals surface area contributed by atoms with Crippen LogP contribution in [-0.2, 0) is 59.6 Å². The Morgan fingerprint density at radius 1 is 0.630 bits per heavy atom. The van der Waals surface area contributed by atoms with Crippen LogP contribution in [0.1, 0.15) is 28.7 Å². The lowest BCUT2D eigenvalue weighted by Gasteiger charge is -2.51. The Labute approximate surface area is 269 Å². The minimum absolute atomic E-state index is 0.0784. The number of benzene rings is 4. The maximum atomic E-state index is 13.1. The number of ether oxygens (including phenoxy) is 6. The van der Waals surface area contributed by atoms with Crippen LogP contribution in [0.3, 0.4) is 0 Å². The van der Waals surface area contributed by atoms with Crippen molar-refractivity contribution in [3.63, 3.8) is 0 Å². The third kappa shape index (κ3) is 7.90. The zero-order valence-corrected chi connectivity index (χ0v) is 25.7. The van der Waals surface area contributed by atoms with Gasteiger partial charge >= 0.3 is 5.97 Å². The molecule has 6 atom stereocenters. The molecule has 2 heterocycles. The highest BCUT2D eigenvalue weighted by atomic mass is 16.7. The fraction of sp³-hybridized carbons (Fsp3) is 0.342. The number of esters is 1. The van der Waals surface area contributed by atoms with E-state index < -0.39 is 42.1 Å². The van der Waals surface area contributed by atoms with Crippen LogP contribution < -0.4 is 0 Å². The van der Waals surface area contributed by atoms with Gasteiger partial charge in [-0.15, -0.1) is 0 Å². The van der Waals surface area contributed by atoms with Gasteiger partial charge in [-0.3, -0.25) is 4.79 Å². The Balaban J connectivity index is 1.35. The molecule has 4 aromatic carbocycles. The van der Waals surface area contributed by atoms with Gasteiger partial charge in [0.25, 0.3) is 0 Å². The van der Waals surface area contributed by atoms with E-state index in [1.54, 1.807) is 0 Å². The largest absolute Gasteiger partial charge is 0.465 e. The predicted octanol–water partition coefficient (Wildman–Crippen LogP) is 5.61. The Morgan fingerprint density at radius 3 is 1.57 bits per heavy atom. The summed E-state index contributed by atoms with van der Waals surface area (Å²) in [5, 5.41) is 12.5. The summed E-state index contributed by atoms with van der Waals surface area (Å²) in [6, 6.07) is 39.1. The SMILES string of the molecule is O=C1OCCC1C1(O)O[C@H](COCc2ccccc2)[C@@H](OCc2ccccc2)[C@H](OCc2ccccc2)[C@@H]1OCc1ccccc1. The summed E-state index contributed by atoms with van der Waals surface area (Å²) >= 11 is 0. The van der Waals surface area contributed by atoms with Crippen LogP contribution in [0.25, 0.3) is 0 Å². The van der Waals surface area contributed by atoms with E-state index in [4.69, 9.17) is 28.4 Å². The number of carbonyl (C=O) groups is 1. The second kappa shape index (κ2) is 15.6. The van der Waals surface area contributed by atoms with E-state index in [1.165, 1.54) is 0 Å². The van der Waals surface area contributed by atoms with Crippen LogP contribution in [0, 0.1) is 5.92 Å². The van der Waals surface area contributed by atoms with Gasteiger partial charge in [-0.05, 0) is 22.3 Å². The van der Waals surface area contributed by atoms with Crippen molar-refractivity contribution in [1.82, 2.24) is 0 Å². The lowest BCUT2D eigenvalue weighted by Crippen LogP contribution is -2.70. The summed E-state index contributed by atoms with van der Waals surface area (Å²) in [6.45, 7) is 1.24. The first-order chi connectivity index (χ1) is 22.6. The van der Waals surface area contributed by atoms with Crippen LogP contribution in [0.2, 0.25) is 0 Å². The van der Waals surface area contributed by atoms with Crippen LogP contribution in [0.5, 0.6) is 0 Å². The maximum Gasteiger partial charge on any atom is 0.314 e. The second-order valence-electron chi connectivity index (χ2n) is 11.7. The topological polar surface area (TPSA) is 92.7 Å². The fourth-order valence-corrected chi connectivity index (χ4v) is 6.04. The van der Waals surface area contributed by atoms with Crippen molar-refractivity contribution < 1.29 is 38.3 Å². The van der Waals surface area contributed by atoms with Gasteiger partial charge in [-0.25, -0.2) is 0 Å². The molecule has 4 aromatic rings. The monoisotopic (exact) mass is 624 g/mol. The zero-order chi connectivity index (χ0) is 31.6. The quantitative estimate of drug-likeness (QED) is 0.181. The molecule has 240 valence electrons. The van der Waals surface area contributed by atoms with Crippen molar-refractivity contribution in [3.8, 4) is 0 Å². The molecule has 0 bridgehead atoms. The summed E-state index contributed by atoms with van der Waals surface area (Å²) in [5.74, 6) is -3.59. The summed E-state index contributed by atoms with van der Waals surface area (Å²) in [7, 11) is 0. The molecule has 2 unspecified atom stereocenters. The van der Waals surface area contributed by atoms with Gasteiger partial charge in [-0.1, -0.05) is 121 Å². The molecule has 8 heteroatoms. The number of aliphatic hydroxyl groups is 1. The molecule has 0 amide bonds. The van der Waals surface area contributed by atoms with Crippen LogP contribution in [-0.4, -0.2) is 54.5 Å². The van der Waals surface area contributed by atoms with Crippen molar-refractivity contribution in [3.05, 3.63) is 144 Å². The average molecular weight is 625 g/mol. The molecule has 2 saturated heterocycles. The molecule has 0 aliphatic carbocycles. The second-order valence-corrected chi connectivity index (χ2v) is 11.7. The van der Waals surface area contributed by atoms with E-state index in [0.29, 0.717) is 6.61 Å². The van der Waals surface area contributed by atoms with Crippen LogP contribution in [0.15, 0.2) is 121 Å². The van der Waals surface area contributed by atoms with Crippen molar-refractivity contribution >= 4 is 5.97 Å². The van der Waals surface area contributed by atoms with Gasteiger partial charge in [0.15, 0.2) is 0 Å². The van der Waals surface area contributed by atoms with E-state index in [9.17, 15) is 9.90 Å². The van der Waals surface area contributed by atoms with Crippen molar-refractivity contribution in [2.75, 3.05) is 13.2 Å². The van der Waals surface area contributed by atoms with E-state index in [2.05, 4.69) is 0 Å². The maximum absolute atomic E-state index is 13.1. The fourth-order valence-electron chi connectivity index (χ4n) is 6.04. The van der Waals surface area contributed by atoms with Crippen LogP contribution in [0.4, 0.5) is 0 Å². The molecule has 46 heavy (non-hydrogen) atoms. The molecule has 8 nitrogen and oxygen atoms in total. The Kier molecular flexibility index (Phi) is 10.9. The summed E-state index contributed by atoms with van der Waals surface area (Å²) < 4.78 is 37.8. The molecule has 0 radical (unpaired) electrons. The van der Waals surface area contributed by atoms with Crippen LogP contribution >= 0.6 is 0 Å². The third-order valence-corrected chi connectivity index (χ3v) is 8.41. The summed E-state index contributed by atoms with van der Waals surface area (Å²) in [6.07, 6.45) is -3.19. The Hall–Kier alpha value is -3.89. The first kappa shape index (κ1) is 32.1. The highest BCUT2D eigenvalue weighted by molar-refractivity contribution is 5.75. The van der Waals surface area contributed by atoms with Gasteiger partial charge in [0.1, 0.15) is 30.3 Å². The molecule has 0 aromatic heterocycles. The zero-order valence-electron chi connectivity index (χ0n) is 25.7. The number of carbonyl (C=O) groups excluding carboxylic acids is 1. The number of hydrogen-bond acceptors (Lipinski definition) is 8. The van der Waals surface area contributed by atoms with Gasteiger partial charge < -0.3 is 33.5 Å². The van der Waals surface area contributed by atoms with Crippen molar-refractivity contribution in [1.29, 1.82) is 0 Å². The smallest absolute Gasteiger partial charge is 0.314 e. The summed E-state index contributed by atoms with van der Waals surface area (Å²) in [5.41, 5.74) is 3.81. The highest BCUT2D eigenvalue weighted by Crippen LogP contribution is 2.42. The minimum atomic E-state index is -2.07. The first-order valence-corrected chi connectivity index (χ1v) is 15.8. The average Bonchev–Trinajstić information content (AvgIpc) is 3.55. The number of hydrogen-bond donors (Lipinski definition) is 1. The lowest BCUT2D eigenvalue weighted by atomic mass is 9.83. The van der Waals surface area contributed by atoms with Gasteiger partial charge in [0, 0.05) is 6.42 Å². The van der Waals surface area contributed by atoms with Gasteiger partial charge in [0.2, 0.25) is 5.79 Å². The molecule has 2 fully saturated rings. The van der Waals surface area contributed by atoms with E-state index in [1.807, 2.05) is 121 Å². The molecule has 0 saturated carbocycles. The molecular weight excluding hydrogens is 584 g/mol. The van der Waals surface area contributed by atoms with Crippen molar-refractivity contribution in [2.24, 2.45) is 5.92 Å². The Bertz CT molecular complexity index is 1490. The molecule has 6 rings (SSSR count). The lowest BCUT2D eigenvalue weighted by molar-refractivity contribution is -0.382. The predicted molar refractivity (Wildman–Crippen MR) is 170 cm³/mol.